The van der Waals surface area contributed by atoms with Crippen molar-refractivity contribution in [3.8, 4) is 17.4 Å². The third-order valence-corrected chi connectivity index (χ3v) is 5.82. The van der Waals surface area contributed by atoms with Gasteiger partial charge in [0.05, 0.1) is 13.7 Å². The van der Waals surface area contributed by atoms with Gasteiger partial charge in [0.25, 0.3) is 5.91 Å². The van der Waals surface area contributed by atoms with Crippen molar-refractivity contribution in [1.82, 2.24) is 15.1 Å². The Labute approximate surface area is 183 Å². The van der Waals surface area contributed by atoms with Crippen LogP contribution in [-0.2, 0) is 4.79 Å². The summed E-state index contributed by atoms with van der Waals surface area (Å²) in [6, 6.07) is 11.2. The zero-order valence-corrected chi connectivity index (χ0v) is 18.0. The monoisotopic (exact) mass is 426 g/mol. The Hall–Kier alpha value is -3.03. The molecule has 0 bridgehead atoms. The Bertz CT molecular complexity index is 838. The number of anilines is 1. The number of carbonyl (C=O) groups excluding carboxylic acids is 1. The number of amides is 1. The van der Waals surface area contributed by atoms with Crippen LogP contribution in [0.2, 0.25) is 0 Å². The van der Waals surface area contributed by atoms with Gasteiger partial charge in [-0.1, -0.05) is 0 Å². The molecule has 0 aliphatic carbocycles. The molecule has 4 rings (SSSR count). The number of ether oxygens (including phenoxy) is 3. The van der Waals surface area contributed by atoms with Crippen molar-refractivity contribution in [3.05, 3.63) is 36.4 Å². The first kappa shape index (κ1) is 21.2. The van der Waals surface area contributed by atoms with E-state index in [-0.39, 0.29) is 12.5 Å². The number of methoxy groups -OCH3 is 1. The van der Waals surface area contributed by atoms with Gasteiger partial charge < -0.3 is 24.0 Å². The Balaban J connectivity index is 1.21. The molecule has 1 amide bonds. The number of aromatic nitrogens is 2. The highest BCUT2D eigenvalue weighted by atomic mass is 16.5. The number of carbonyl (C=O) groups is 1. The molecule has 2 saturated heterocycles. The van der Waals surface area contributed by atoms with Gasteiger partial charge in [0.15, 0.2) is 12.4 Å². The Kier molecular flexibility index (Phi) is 7.07. The molecule has 0 spiro atoms. The zero-order valence-electron chi connectivity index (χ0n) is 18.0. The van der Waals surface area contributed by atoms with E-state index in [2.05, 4.69) is 15.1 Å². The van der Waals surface area contributed by atoms with Crippen molar-refractivity contribution in [3.63, 3.8) is 0 Å². The minimum atomic E-state index is -0.0282. The SMILES string of the molecule is COc1ccc(OC[C@H]2CCCN(C(=O)COc3ccc(N4CCCC4)nn3)C2)cc1. The van der Waals surface area contributed by atoms with Gasteiger partial charge in [0.2, 0.25) is 5.88 Å². The molecule has 1 atom stereocenters. The maximum absolute atomic E-state index is 12.6. The van der Waals surface area contributed by atoms with Crippen LogP contribution in [0, 0.1) is 5.92 Å². The van der Waals surface area contributed by atoms with E-state index in [1.54, 1.807) is 13.2 Å². The molecule has 2 aliphatic heterocycles. The highest BCUT2D eigenvalue weighted by Gasteiger charge is 2.24. The molecule has 1 aromatic carbocycles. The van der Waals surface area contributed by atoms with Crippen LogP contribution in [0.3, 0.4) is 0 Å². The first-order valence-electron chi connectivity index (χ1n) is 11.0. The van der Waals surface area contributed by atoms with Crippen molar-refractivity contribution in [1.29, 1.82) is 0 Å². The maximum atomic E-state index is 12.6. The van der Waals surface area contributed by atoms with Crippen molar-refractivity contribution < 1.29 is 19.0 Å². The van der Waals surface area contributed by atoms with E-state index in [1.165, 1.54) is 12.8 Å². The molecule has 3 heterocycles. The second kappa shape index (κ2) is 10.3. The van der Waals surface area contributed by atoms with Gasteiger partial charge in [-0.15, -0.1) is 10.2 Å². The Morgan fingerprint density at radius 3 is 2.45 bits per heavy atom. The number of hydrogen-bond acceptors (Lipinski definition) is 7. The molecule has 2 aliphatic rings. The number of likely N-dealkylation sites (tertiary alicyclic amines) is 1. The normalized spacial score (nSPS) is 18.7. The van der Waals surface area contributed by atoms with E-state index in [1.807, 2.05) is 35.2 Å². The van der Waals surface area contributed by atoms with Crippen LogP contribution in [0.25, 0.3) is 0 Å². The first-order valence-corrected chi connectivity index (χ1v) is 11.0. The lowest BCUT2D eigenvalue weighted by Gasteiger charge is -2.32. The van der Waals surface area contributed by atoms with Crippen LogP contribution in [0.4, 0.5) is 5.82 Å². The van der Waals surface area contributed by atoms with Gasteiger partial charge in [0.1, 0.15) is 11.5 Å². The highest BCUT2D eigenvalue weighted by molar-refractivity contribution is 5.77. The molecule has 2 aromatic rings. The Morgan fingerprint density at radius 1 is 0.968 bits per heavy atom. The van der Waals surface area contributed by atoms with Crippen LogP contribution < -0.4 is 19.1 Å². The molecule has 0 radical (unpaired) electrons. The van der Waals surface area contributed by atoms with Gasteiger partial charge in [-0.2, -0.15) is 0 Å². The third kappa shape index (κ3) is 5.77. The van der Waals surface area contributed by atoms with E-state index < -0.39 is 0 Å². The second-order valence-corrected chi connectivity index (χ2v) is 8.05. The number of nitrogens with zero attached hydrogens (tertiary/aromatic N) is 4. The summed E-state index contributed by atoms with van der Waals surface area (Å²) < 4.78 is 16.7. The summed E-state index contributed by atoms with van der Waals surface area (Å²) in [5.41, 5.74) is 0. The van der Waals surface area contributed by atoms with Crippen LogP contribution in [-0.4, -0.2) is 67.5 Å². The van der Waals surface area contributed by atoms with Gasteiger partial charge in [-0.25, -0.2) is 0 Å². The molecule has 1 aromatic heterocycles. The topological polar surface area (TPSA) is 77.0 Å². The molecule has 0 N–H and O–H groups in total. The van der Waals surface area contributed by atoms with Gasteiger partial charge in [-0.05, 0) is 56.0 Å². The molecule has 8 nitrogen and oxygen atoms in total. The smallest absolute Gasteiger partial charge is 0.260 e. The van der Waals surface area contributed by atoms with Crippen molar-refractivity contribution >= 4 is 11.7 Å². The summed E-state index contributed by atoms with van der Waals surface area (Å²) in [6.45, 7) is 4.03. The number of piperidine rings is 1. The van der Waals surface area contributed by atoms with E-state index in [9.17, 15) is 4.79 Å². The Morgan fingerprint density at radius 2 is 1.74 bits per heavy atom. The van der Waals surface area contributed by atoms with Gasteiger partial charge in [-0.3, -0.25) is 4.79 Å². The van der Waals surface area contributed by atoms with Gasteiger partial charge >= 0.3 is 0 Å². The highest BCUT2D eigenvalue weighted by Crippen LogP contribution is 2.22. The number of benzene rings is 1. The summed E-state index contributed by atoms with van der Waals surface area (Å²) in [5.74, 6) is 3.14. The number of hydrogen-bond donors (Lipinski definition) is 0. The molecule has 0 unspecified atom stereocenters. The fraction of sp³-hybridized carbons (Fsp3) is 0.522. The minimum Gasteiger partial charge on any atom is -0.497 e. The van der Waals surface area contributed by atoms with Crippen molar-refractivity contribution in [2.24, 2.45) is 5.92 Å². The average Bonchev–Trinajstić information content (AvgIpc) is 3.37. The van der Waals surface area contributed by atoms with Crippen molar-refractivity contribution in [2.45, 2.75) is 25.7 Å². The summed E-state index contributed by atoms with van der Waals surface area (Å²) >= 11 is 0. The largest absolute Gasteiger partial charge is 0.497 e. The van der Waals surface area contributed by atoms with Crippen LogP contribution in [0.5, 0.6) is 17.4 Å². The van der Waals surface area contributed by atoms with Crippen LogP contribution in [0.15, 0.2) is 36.4 Å². The predicted molar refractivity (Wildman–Crippen MR) is 117 cm³/mol. The fourth-order valence-electron chi connectivity index (χ4n) is 4.05. The average molecular weight is 427 g/mol. The molecular weight excluding hydrogens is 396 g/mol. The first-order chi connectivity index (χ1) is 15.2. The van der Waals surface area contributed by atoms with E-state index in [4.69, 9.17) is 14.2 Å². The van der Waals surface area contributed by atoms with E-state index in [0.717, 1.165) is 49.8 Å². The van der Waals surface area contributed by atoms with Crippen molar-refractivity contribution in [2.75, 3.05) is 51.4 Å². The van der Waals surface area contributed by atoms with E-state index >= 15 is 0 Å². The van der Waals surface area contributed by atoms with E-state index in [0.29, 0.717) is 24.9 Å². The predicted octanol–water partition coefficient (Wildman–Crippen LogP) is 2.78. The molecular formula is C23H30N4O4. The third-order valence-electron chi connectivity index (χ3n) is 5.82. The zero-order chi connectivity index (χ0) is 21.5. The lowest BCUT2D eigenvalue weighted by atomic mass is 9.99. The molecule has 166 valence electrons. The van der Waals surface area contributed by atoms with Crippen LogP contribution in [0.1, 0.15) is 25.7 Å². The van der Waals surface area contributed by atoms with Crippen LogP contribution >= 0.6 is 0 Å². The second-order valence-electron chi connectivity index (χ2n) is 8.05. The summed E-state index contributed by atoms with van der Waals surface area (Å²) in [7, 11) is 1.64. The lowest BCUT2D eigenvalue weighted by Crippen LogP contribution is -2.43. The number of rotatable bonds is 8. The van der Waals surface area contributed by atoms with Gasteiger partial charge in [0, 0.05) is 38.2 Å². The standard InChI is InChI=1S/C23H30N4O4/c1-29-19-6-8-20(9-7-19)30-16-18-5-4-14-27(15-18)23(28)17-31-22-11-10-21(24-25-22)26-12-2-3-13-26/h6-11,18H,2-5,12-17H2,1H3/t18-/m0/s1. The summed E-state index contributed by atoms with van der Waals surface area (Å²) in [6.07, 6.45) is 4.39. The summed E-state index contributed by atoms with van der Waals surface area (Å²) in [5, 5.41) is 8.35. The molecule has 2 fully saturated rings. The quantitative estimate of drug-likeness (QED) is 0.642. The molecule has 8 heteroatoms. The fourth-order valence-corrected chi connectivity index (χ4v) is 4.05. The molecule has 31 heavy (non-hydrogen) atoms. The lowest BCUT2D eigenvalue weighted by molar-refractivity contribution is -0.135. The molecule has 0 saturated carbocycles. The summed E-state index contributed by atoms with van der Waals surface area (Å²) in [4.78, 5) is 16.7. The maximum Gasteiger partial charge on any atom is 0.260 e. The minimum absolute atomic E-state index is 0.0240.